The van der Waals surface area contributed by atoms with Crippen molar-refractivity contribution in [3.63, 3.8) is 0 Å². The summed E-state index contributed by atoms with van der Waals surface area (Å²) in [5.74, 6) is 0.906. The van der Waals surface area contributed by atoms with Gasteiger partial charge in [-0.2, -0.15) is 0 Å². The molecule has 0 aromatic heterocycles. The van der Waals surface area contributed by atoms with E-state index in [4.69, 9.17) is 5.73 Å². The third-order valence-corrected chi connectivity index (χ3v) is 4.59. The van der Waals surface area contributed by atoms with Gasteiger partial charge in [-0.25, -0.2) is 0 Å². The number of likely N-dealkylation sites (tertiary alicyclic amines) is 1. The molecule has 2 saturated heterocycles. The second-order valence-electron chi connectivity index (χ2n) is 6.03. The molecule has 3 heteroatoms. The molecule has 3 nitrogen and oxygen atoms in total. The summed E-state index contributed by atoms with van der Waals surface area (Å²) in [6.07, 6.45) is 5.48. The molecule has 2 aliphatic heterocycles. The number of nitrogens with zero attached hydrogens (tertiary/aromatic N) is 2. The highest BCUT2D eigenvalue weighted by Gasteiger charge is 2.22. The number of rotatable bonds is 3. The van der Waals surface area contributed by atoms with Gasteiger partial charge >= 0.3 is 0 Å². The summed E-state index contributed by atoms with van der Waals surface area (Å²) in [5.41, 5.74) is 7.93. The normalized spacial score (nSPS) is 22.0. The summed E-state index contributed by atoms with van der Waals surface area (Å²) in [5, 5.41) is 0. The van der Waals surface area contributed by atoms with Crippen molar-refractivity contribution in [2.24, 2.45) is 5.92 Å². The number of piperidine rings is 1. The van der Waals surface area contributed by atoms with Gasteiger partial charge in [-0.05, 0) is 69.0 Å². The lowest BCUT2D eigenvalue weighted by molar-refractivity contribution is 0.249. The quantitative estimate of drug-likeness (QED) is 0.847. The van der Waals surface area contributed by atoms with Crippen molar-refractivity contribution in [3.8, 4) is 0 Å². The predicted octanol–water partition coefficient (Wildman–Crippen LogP) is 2.58. The molecule has 0 saturated carbocycles. The van der Waals surface area contributed by atoms with E-state index in [9.17, 15) is 0 Å². The zero-order valence-corrected chi connectivity index (χ0v) is 11.7. The number of hydrogen-bond donors (Lipinski definition) is 1. The maximum Gasteiger partial charge on any atom is 0.0367 e. The van der Waals surface area contributed by atoms with Gasteiger partial charge < -0.3 is 15.5 Å². The number of nitrogens with two attached hydrogens (primary N) is 1. The highest BCUT2D eigenvalue weighted by Crippen LogP contribution is 2.25. The lowest BCUT2D eigenvalue weighted by Crippen LogP contribution is -2.38. The number of hydrogen-bond acceptors (Lipinski definition) is 3. The Morgan fingerprint density at radius 3 is 2.21 bits per heavy atom. The number of anilines is 2. The van der Waals surface area contributed by atoms with Gasteiger partial charge in [-0.1, -0.05) is 0 Å². The van der Waals surface area contributed by atoms with E-state index in [1.54, 1.807) is 0 Å². The van der Waals surface area contributed by atoms with Crippen molar-refractivity contribution < 1.29 is 0 Å². The first kappa shape index (κ1) is 12.8. The van der Waals surface area contributed by atoms with Crippen LogP contribution in [-0.4, -0.2) is 37.6 Å². The maximum absolute atomic E-state index is 5.75. The number of benzene rings is 1. The van der Waals surface area contributed by atoms with Crippen LogP contribution in [0.1, 0.15) is 25.7 Å². The molecule has 0 radical (unpaired) electrons. The van der Waals surface area contributed by atoms with Crippen molar-refractivity contribution in [1.82, 2.24) is 4.90 Å². The minimum atomic E-state index is 0.854. The van der Waals surface area contributed by atoms with Crippen LogP contribution in [0.3, 0.4) is 0 Å². The summed E-state index contributed by atoms with van der Waals surface area (Å²) in [4.78, 5) is 5.16. The average Bonchev–Trinajstić information content (AvgIpc) is 2.94. The van der Waals surface area contributed by atoms with Crippen molar-refractivity contribution in [3.05, 3.63) is 24.3 Å². The van der Waals surface area contributed by atoms with Gasteiger partial charge in [0.1, 0.15) is 0 Å². The van der Waals surface area contributed by atoms with E-state index in [1.165, 1.54) is 64.1 Å². The third-order valence-electron chi connectivity index (χ3n) is 4.59. The van der Waals surface area contributed by atoms with E-state index in [2.05, 4.69) is 21.9 Å². The summed E-state index contributed by atoms with van der Waals surface area (Å²) < 4.78 is 0. The topological polar surface area (TPSA) is 32.5 Å². The molecule has 1 aromatic rings. The molecule has 0 atom stereocenters. The van der Waals surface area contributed by atoms with E-state index in [-0.39, 0.29) is 0 Å². The molecule has 3 rings (SSSR count). The SMILES string of the molecule is Nc1ccc(N2CCC(CN3CCCC3)CC2)cc1. The Kier molecular flexibility index (Phi) is 3.92. The highest BCUT2D eigenvalue weighted by molar-refractivity contribution is 5.53. The second kappa shape index (κ2) is 5.83. The van der Waals surface area contributed by atoms with Gasteiger partial charge in [0.25, 0.3) is 0 Å². The molecular weight excluding hydrogens is 234 g/mol. The molecule has 1 aromatic carbocycles. The molecule has 2 aliphatic rings. The van der Waals surface area contributed by atoms with Crippen LogP contribution in [0.25, 0.3) is 0 Å². The fourth-order valence-electron chi connectivity index (χ4n) is 3.39. The minimum absolute atomic E-state index is 0.854. The average molecular weight is 259 g/mol. The van der Waals surface area contributed by atoms with Crippen molar-refractivity contribution in [2.75, 3.05) is 43.4 Å². The Bertz CT molecular complexity index is 387. The smallest absolute Gasteiger partial charge is 0.0367 e. The predicted molar refractivity (Wildman–Crippen MR) is 81.5 cm³/mol. The minimum Gasteiger partial charge on any atom is -0.399 e. The van der Waals surface area contributed by atoms with Gasteiger partial charge in [0.2, 0.25) is 0 Å². The van der Waals surface area contributed by atoms with Gasteiger partial charge in [0.15, 0.2) is 0 Å². The third kappa shape index (κ3) is 3.21. The molecule has 0 spiro atoms. The van der Waals surface area contributed by atoms with Crippen LogP contribution >= 0.6 is 0 Å². The van der Waals surface area contributed by atoms with Crippen LogP contribution in [0.5, 0.6) is 0 Å². The molecule has 0 unspecified atom stereocenters. The van der Waals surface area contributed by atoms with Gasteiger partial charge in [0, 0.05) is 31.0 Å². The van der Waals surface area contributed by atoms with Crippen LogP contribution < -0.4 is 10.6 Å². The van der Waals surface area contributed by atoms with Crippen LogP contribution in [-0.2, 0) is 0 Å². The fraction of sp³-hybridized carbons (Fsp3) is 0.625. The van der Waals surface area contributed by atoms with Crippen LogP contribution in [0.15, 0.2) is 24.3 Å². The largest absolute Gasteiger partial charge is 0.399 e. The van der Waals surface area contributed by atoms with Crippen LogP contribution in [0.2, 0.25) is 0 Å². The van der Waals surface area contributed by atoms with Crippen LogP contribution in [0, 0.1) is 5.92 Å². The summed E-state index contributed by atoms with van der Waals surface area (Å²) in [6, 6.07) is 8.31. The zero-order chi connectivity index (χ0) is 13.1. The molecule has 0 aliphatic carbocycles. The van der Waals surface area contributed by atoms with E-state index in [0.717, 1.165) is 11.6 Å². The second-order valence-corrected chi connectivity index (χ2v) is 6.03. The van der Waals surface area contributed by atoms with E-state index in [0.29, 0.717) is 0 Å². The van der Waals surface area contributed by atoms with Gasteiger partial charge in [-0.15, -0.1) is 0 Å². The Balaban J connectivity index is 1.50. The summed E-state index contributed by atoms with van der Waals surface area (Å²) in [6.45, 7) is 6.39. The molecule has 2 N–H and O–H groups in total. The van der Waals surface area contributed by atoms with Gasteiger partial charge in [0.05, 0.1) is 0 Å². The standard InChI is InChI=1S/C16H25N3/c17-15-3-5-16(6-4-15)19-11-7-14(8-12-19)13-18-9-1-2-10-18/h3-6,14H,1-2,7-13,17H2. The molecule has 2 heterocycles. The molecule has 19 heavy (non-hydrogen) atoms. The van der Waals surface area contributed by atoms with E-state index >= 15 is 0 Å². The summed E-state index contributed by atoms with van der Waals surface area (Å²) in [7, 11) is 0. The molecular formula is C16H25N3. The van der Waals surface area contributed by atoms with Crippen molar-refractivity contribution in [1.29, 1.82) is 0 Å². The first-order chi connectivity index (χ1) is 9.31. The fourth-order valence-corrected chi connectivity index (χ4v) is 3.39. The Morgan fingerprint density at radius 2 is 1.58 bits per heavy atom. The van der Waals surface area contributed by atoms with Crippen LogP contribution in [0.4, 0.5) is 11.4 Å². The summed E-state index contributed by atoms with van der Waals surface area (Å²) >= 11 is 0. The maximum atomic E-state index is 5.75. The Morgan fingerprint density at radius 1 is 0.947 bits per heavy atom. The molecule has 104 valence electrons. The van der Waals surface area contributed by atoms with Gasteiger partial charge in [-0.3, -0.25) is 0 Å². The first-order valence-corrected chi connectivity index (χ1v) is 7.64. The zero-order valence-electron chi connectivity index (χ0n) is 11.7. The highest BCUT2D eigenvalue weighted by atomic mass is 15.2. The lowest BCUT2D eigenvalue weighted by atomic mass is 9.96. The van der Waals surface area contributed by atoms with E-state index < -0.39 is 0 Å². The number of nitrogen functional groups attached to an aromatic ring is 1. The van der Waals surface area contributed by atoms with E-state index in [1.807, 2.05) is 12.1 Å². The van der Waals surface area contributed by atoms with Crippen molar-refractivity contribution >= 4 is 11.4 Å². The lowest BCUT2D eigenvalue weighted by Gasteiger charge is -2.35. The van der Waals surface area contributed by atoms with Crippen molar-refractivity contribution in [2.45, 2.75) is 25.7 Å². The Hall–Kier alpha value is -1.22. The molecule has 0 amide bonds. The Labute approximate surface area is 116 Å². The molecule has 2 fully saturated rings. The first-order valence-electron chi connectivity index (χ1n) is 7.64. The molecule has 0 bridgehead atoms. The monoisotopic (exact) mass is 259 g/mol.